The standard InChI is InChI=1S/C28H31F3N6O/c1-18-13-34-26(21-14-32-17-33-15-21)25-11-20(3-4-24(18)25)27(38)35-23-10-19(9-22(12-23)28(29,30)31)16-37-7-5-36(2)6-8-37/h3-4,9-12,14-15,17-18,26,34H,5-8,13,16H2,1-2H3,(H,35,38)/t18?,26-/m1/s1. The number of piperazine rings is 1. The number of anilines is 1. The van der Waals surface area contributed by atoms with E-state index in [-0.39, 0.29) is 17.6 Å². The molecule has 7 nitrogen and oxygen atoms in total. The number of hydrogen-bond donors (Lipinski definition) is 2. The molecular weight excluding hydrogens is 493 g/mol. The van der Waals surface area contributed by atoms with Crippen molar-refractivity contribution in [2.24, 2.45) is 0 Å². The summed E-state index contributed by atoms with van der Waals surface area (Å²) < 4.78 is 41.2. The second-order valence-electron chi connectivity index (χ2n) is 10.2. The van der Waals surface area contributed by atoms with Gasteiger partial charge >= 0.3 is 6.18 Å². The number of nitrogens with zero attached hydrogens (tertiary/aromatic N) is 4. The highest BCUT2D eigenvalue weighted by Gasteiger charge is 2.32. The lowest BCUT2D eigenvalue weighted by atomic mass is 9.84. The van der Waals surface area contributed by atoms with Gasteiger partial charge in [-0.05, 0) is 60.0 Å². The molecular formula is C28H31F3N6O. The molecule has 1 saturated heterocycles. The zero-order valence-corrected chi connectivity index (χ0v) is 21.4. The van der Waals surface area contributed by atoms with Crippen LogP contribution >= 0.6 is 0 Å². The lowest BCUT2D eigenvalue weighted by Crippen LogP contribution is -2.43. The van der Waals surface area contributed by atoms with Gasteiger partial charge in [-0.2, -0.15) is 13.2 Å². The molecule has 2 atom stereocenters. The molecule has 3 heterocycles. The van der Waals surface area contributed by atoms with Gasteiger partial charge in [-0.3, -0.25) is 9.69 Å². The van der Waals surface area contributed by atoms with Crippen molar-refractivity contribution in [1.82, 2.24) is 25.1 Å². The first-order valence-electron chi connectivity index (χ1n) is 12.7. The fraction of sp³-hybridized carbons (Fsp3) is 0.393. The van der Waals surface area contributed by atoms with Gasteiger partial charge in [0.15, 0.2) is 0 Å². The quantitative estimate of drug-likeness (QED) is 0.519. The highest BCUT2D eigenvalue weighted by Crippen LogP contribution is 2.35. The Morgan fingerprint density at radius 2 is 1.79 bits per heavy atom. The van der Waals surface area contributed by atoms with Gasteiger partial charge < -0.3 is 15.5 Å². The number of rotatable bonds is 5. The molecule has 10 heteroatoms. The number of carbonyl (C=O) groups is 1. The maximum atomic E-state index is 13.7. The lowest BCUT2D eigenvalue weighted by Gasteiger charge is -2.32. The molecule has 0 spiro atoms. The van der Waals surface area contributed by atoms with Crippen LogP contribution < -0.4 is 10.6 Å². The topological polar surface area (TPSA) is 73.4 Å². The van der Waals surface area contributed by atoms with Crippen LogP contribution in [0.1, 0.15) is 57.1 Å². The number of aromatic nitrogens is 2. The summed E-state index contributed by atoms with van der Waals surface area (Å²) in [5, 5.41) is 6.20. The van der Waals surface area contributed by atoms with Crippen LogP contribution in [0.4, 0.5) is 18.9 Å². The number of likely N-dealkylation sites (N-methyl/N-ethyl adjacent to an activating group) is 1. The average Bonchev–Trinajstić information content (AvgIpc) is 2.90. The van der Waals surface area contributed by atoms with E-state index in [0.29, 0.717) is 17.7 Å². The maximum absolute atomic E-state index is 13.7. The van der Waals surface area contributed by atoms with Crippen molar-refractivity contribution in [2.75, 3.05) is 45.1 Å². The SMILES string of the molecule is CC1CN[C@H](c2cncnc2)c2cc(C(=O)Nc3cc(CN4CCN(C)CC4)cc(C(F)(F)F)c3)ccc21. The van der Waals surface area contributed by atoms with Crippen LogP contribution in [0.3, 0.4) is 0 Å². The van der Waals surface area contributed by atoms with Crippen molar-refractivity contribution < 1.29 is 18.0 Å². The van der Waals surface area contributed by atoms with Crippen molar-refractivity contribution in [1.29, 1.82) is 0 Å². The third-order valence-electron chi connectivity index (χ3n) is 7.31. The Labute approximate surface area is 220 Å². The minimum absolute atomic E-state index is 0.131. The van der Waals surface area contributed by atoms with E-state index in [1.807, 2.05) is 19.2 Å². The van der Waals surface area contributed by atoms with Crippen molar-refractivity contribution in [2.45, 2.75) is 31.6 Å². The maximum Gasteiger partial charge on any atom is 0.416 e. The fourth-order valence-electron chi connectivity index (χ4n) is 5.17. The molecule has 2 aromatic carbocycles. The number of halogens is 3. The Hall–Kier alpha value is -3.34. The predicted octanol–water partition coefficient (Wildman–Crippen LogP) is 4.29. The normalized spacial score (nSPS) is 20.7. The highest BCUT2D eigenvalue weighted by molar-refractivity contribution is 6.04. The van der Waals surface area contributed by atoms with Gasteiger partial charge in [0.2, 0.25) is 0 Å². The largest absolute Gasteiger partial charge is 0.416 e. The number of alkyl halides is 3. The molecule has 0 bridgehead atoms. The molecule has 1 amide bonds. The van der Waals surface area contributed by atoms with E-state index in [9.17, 15) is 18.0 Å². The molecule has 200 valence electrons. The molecule has 2 aliphatic heterocycles. The van der Waals surface area contributed by atoms with Crippen LogP contribution in [0, 0.1) is 0 Å². The molecule has 0 saturated carbocycles. The van der Waals surface area contributed by atoms with Crippen molar-refractivity contribution in [3.63, 3.8) is 0 Å². The first-order chi connectivity index (χ1) is 18.2. The molecule has 0 aliphatic carbocycles. The average molecular weight is 525 g/mol. The van der Waals surface area contributed by atoms with Gasteiger partial charge in [0.1, 0.15) is 6.33 Å². The van der Waals surface area contributed by atoms with E-state index >= 15 is 0 Å². The van der Waals surface area contributed by atoms with E-state index in [1.54, 1.807) is 24.5 Å². The number of nitrogens with one attached hydrogen (secondary N) is 2. The summed E-state index contributed by atoms with van der Waals surface area (Å²) in [6.07, 6.45) is 0.423. The van der Waals surface area contributed by atoms with Crippen LogP contribution in [0.5, 0.6) is 0 Å². The third kappa shape index (κ3) is 5.87. The minimum atomic E-state index is -4.52. The first kappa shape index (κ1) is 26.3. The zero-order chi connectivity index (χ0) is 26.9. The molecule has 5 rings (SSSR count). The summed E-state index contributed by atoms with van der Waals surface area (Å²) in [5.41, 5.74) is 3.18. The molecule has 0 radical (unpaired) electrons. The summed E-state index contributed by atoms with van der Waals surface area (Å²) in [4.78, 5) is 25.8. The van der Waals surface area contributed by atoms with E-state index in [0.717, 1.165) is 55.5 Å². The monoisotopic (exact) mass is 524 g/mol. The number of benzene rings is 2. The van der Waals surface area contributed by atoms with Gasteiger partial charge in [0.25, 0.3) is 5.91 Å². The smallest absolute Gasteiger partial charge is 0.322 e. The van der Waals surface area contributed by atoms with Crippen molar-refractivity contribution >= 4 is 11.6 Å². The van der Waals surface area contributed by atoms with Crippen LogP contribution in [0.15, 0.2) is 55.1 Å². The molecule has 3 aromatic rings. The predicted molar refractivity (Wildman–Crippen MR) is 139 cm³/mol. The Bertz CT molecular complexity index is 1290. The lowest BCUT2D eigenvalue weighted by molar-refractivity contribution is -0.137. The Balaban J connectivity index is 1.41. The minimum Gasteiger partial charge on any atom is -0.322 e. The summed E-state index contributed by atoms with van der Waals surface area (Å²) in [7, 11) is 2.03. The zero-order valence-electron chi connectivity index (χ0n) is 21.4. The molecule has 1 aromatic heterocycles. The van der Waals surface area contributed by atoms with Crippen LogP contribution in [-0.4, -0.2) is 65.4 Å². The molecule has 2 N–H and O–H groups in total. The molecule has 38 heavy (non-hydrogen) atoms. The molecule has 1 fully saturated rings. The van der Waals surface area contributed by atoms with Gasteiger partial charge in [0.05, 0.1) is 11.6 Å². The van der Waals surface area contributed by atoms with Gasteiger partial charge in [-0.1, -0.05) is 13.0 Å². The summed E-state index contributed by atoms with van der Waals surface area (Å²) >= 11 is 0. The summed E-state index contributed by atoms with van der Waals surface area (Å²) in [6, 6.07) is 9.09. The van der Waals surface area contributed by atoms with Gasteiger partial charge in [0, 0.05) is 68.5 Å². The van der Waals surface area contributed by atoms with Crippen LogP contribution in [0.25, 0.3) is 0 Å². The fourth-order valence-corrected chi connectivity index (χ4v) is 5.17. The Kier molecular flexibility index (Phi) is 7.47. The van der Waals surface area contributed by atoms with Crippen LogP contribution in [0.2, 0.25) is 0 Å². The highest BCUT2D eigenvalue weighted by atomic mass is 19.4. The first-order valence-corrected chi connectivity index (χ1v) is 12.7. The number of amides is 1. The van der Waals surface area contributed by atoms with E-state index < -0.39 is 17.6 Å². The molecule has 1 unspecified atom stereocenters. The van der Waals surface area contributed by atoms with Crippen molar-refractivity contribution in [3.05, 3.63) is 88.5 Å². The number of carbonyl (C=O) groups excluding carboxylic acids is 1. The second-order valence-corrected chi connectivity index (χ2v) is 10.2. The van der Waals surface area contributed by atoms with Crippen molar-refractivity contribution in [3.8, 4) is 0 Å². The van der Waals surface area contributed by atoms with Gasteiger partial charge in [-0.15, -0.1) is 0 Å². The Morgan fingerprint density at radius 1 is 1.05 bits per heavy atom. The number of fused-ring (bicyclic) bond motifs is 1. The molecule has 2 aliphatic rings. The van der Waals surface area contributed by atoms with Gasteiger partial charge in [-0.25, -0.2) is 9.97 Å². The Morgan fingerprint density at radius 3 is 2.50 bits per heavy atom. The second kappa shape index (κ2) is 10.8. The van der Waals surface area contributed by atoms with E-state index in [2.05, 4.69) is 37.3 Å². The summed E-state index contributed by atoms with van der Waals surface area (Å²) in [6.45, 7) is 6.55. The van der Waals surface area contributed by atoms with Crippen LogP contribution in [-0.2, 0) is 12.7 Å². The van der Waals surface area contributed by atoms with E-state index in [4.69, 9.17) is 0 Å². The third-order valence-corrected chi connectivity index (χ3v) is 7.31. The van der Waals surface area contributed by atoms with E-state index in [1.165, 1.54) is 12.4 Å². The summed E-state index contributed by atoms with van der Waals surface area (Å²) in [5.74, 6) is -0.220. The number of hydrogen-bond acceptors (Lipinski definition) is 6.